The normalized spacial score (nSPS) is 13.1. The lowest BCUT2D eigenvalue weighted by Gasteiger charge is -2.23. The number of nitrogens with one attached hydrogen (secondary N) is 1. The standard InChI is InChI=1S/C14H11F4N/c15-11-8-4-5-9-12(11)19-13(14(16,17)18)10-6-2-1-3-7-10/h1-9,13,19H. The monoisotopic (exact) mass is 269 g/mol. The molecule has 100 valence electrons. The summed E-state index contributed by atoms with van der Waals surface area (Å²) in [6.45, 7) is 0. The van der Waals surface area contributed by atoms with Gasteiger partial charge in [-0.05, 0) is 17.7 Å². The van der Waals surface area contributed by atoms with Gasteiger partial charge in [0.25, 0.3) is 0 Å². The second-order valence-corrected chi connectivity index (χ2v) is 4.01. The molecule has 2 aromatic rings. The van der Waals surface area contributed by atoms with E-state index in [1.807, 2.05) is 0 Å². The summed E-state index contributed by atoms with van der Waals surface area (Å²) in [5, 5.41) is 2.20. The fourth-order valence-electron chi connectivity index (χ4n) is 1.73. The van der Waals surface area contributed by atoms with Crippen molar-refractivity contribution in [2.45, 2.75) is 12.2 Å². The Morgan fingerprint density at radius 1 is 0.842 bits per heavy atom. The summed E-state index contributed by atoms with van der Waals surface area (Å²) in [4.78, 5) is 0. The summed E-state index contributed by atoms with van der Waals surface area (Å²) >= 11 is 0. The highest BCUT2D eigenvalue weighted by molar-refractivity contribution is 5.47. The molecule has 0 bridgehead atoms. The fraction of sp³-hybridized carbons (Fsp3) is 0.143. The maximum atomic E-state index is 13.4. The van der Waals surface area contributed by atoms with Gasteiger partial charge in [-0.15, -0.1) is 0 Å². The first-order chi connectivity index (χ1) is 8.98. The molecule has 1 unspecified atom stereocenters. The van der Waals surface area contributed by atoms with Crippen LogP contribution in [0.5, 0.6) is 0 Å². The summed E-state index contributed by atoms with van der Waals surface area (Å²) in [6, 6.07) is 10.7. The molecule has 2 rings (SSSR count). The van der Waals surface area contributed by atoms with Crippen LogP contribution >= 0.6 is 0 Å². The zero-order valence-electron chi connectivity index (χ0n) is 9.79. The maximum Gasteiger partial charge on any atom is 0.412 e. The molecular weight excluding hydrogens is 258 g/mol. The Morgan fingerprint density at radius 3 is 2.00 bits per heavy atom. The third kappa shape index (κ3) is 3.24. The van der Waals surface area contributed by atoms with Crippen molar-refractivity contribution in [1.29, 1.82) is 0 Å². The Bertz CT molecular complexity index is 537. The first-order valence-electron chi connectivity index (χ1n) is 5.61. The van der Waals surface area contributed by atoms with E-state index in [1.165, 1.54) is 42.5 Å². The third-order valence-electron chi connectivity index (χ3n) is 2.63. The number of hydrogen-bond acceptors (Lipinski definition) is 1. The summed E-state index contributed by atoms with van der Waals surface area (Å²) in [5.74, 6) is -0.715. The van der Waals surface area contributed by atoms with Gasteiger partial charge in [-0.3, -0.25) is 0 Å². The van der Waals surface area contributed by atoms with Crippen LogP contribution in [0.1, 0.15) is 11.6 Å². The van der Waals surface area contributed by atoms with E-state index in [9.17, 15) is 17.6 Å². The van der Waals surface area contributed by atoms with E-state index in [0.717, 1.165) is 6.07 Å². The van der Waals surface area contributed by atoms with Crippen LogP contribution in [0.4, 0.5) is 23.2 Å². The van der Waals surface area contributed by atoms with Crippen LogP contribution in [-0.2, 0) is 0 Å². The zero-order chi connectivity index (χ0) is 13.9. The predicted molar refractivity (Wildman–Crippen MR) is 65.3 cm³/mol. The molecule has 0 saturated carbocycles. The Labute approximate surface area is 107 Å². The molecule has 0 amide bonds. The highest BCUT2D eigenvalue weighted by Crippen LogP contribution is 2.35. The summed E-state index contributed by atoms with van der Waals surface area (Å²) in [7, 11) is 0. The van der Waals surface area contributed by atoms with Crippen LogP contribution in [0, 0.1) is 5.82 Å². The van der Waals surface area contributed by atoms with E-state index in [0.29, 0.717) is 0 Å². The number of anilines is 1. The van der Waals surface area contributed by atoms with E-state index in [4.69, 9.17) is 0 Å². The Balaban J connectivity index is 2.33. The van der Waals surface area contributed by atoms with Gasteiger partial charge in [0, 0.05) is 0 Å². The molecule has 0 aromatic heterocycles. The third-order valence-corrected chi connectivity index (χ3v) is 2.63. The minimum Gasteiger partial charge on any atom is -0.368 e. The van der Waals surface area contributed by atoms with Gasteiger partial charge in [0.1, 0.15) is 11.9 Å². The van der Waals surface area contributed by atoms with Crippen LogP contribution < -0.4 is 5.32 Å². The number of alkyl halides is 3. The average molecular weight is 269 g/mol. The number of halogens is 4. The lowest BCUT2D eigenvalue weighted by molar-refractivity contribution is -0.144. The molecule has 2 aromatic carbocycles. The quantitative estimate of drug-likeness (QED) is 0.806. The van der Waals surface area contributed by atoms with Crippen molar-refractivity contribution >= 4 is 5.69 Å². The lowest BCUT2D eigenvalue weighted by Crippen LogP contribution is -2.28. The van der Waals surface area contributed by atoms with Gasteiger partial charge in [0.2, 0.25) is 0 Å². The molecule has 0 spiro atoms. The smallest absolute Gasteiger partial charge is 0.368 e. The van der Waals surface area contributed by atoms with Gasteiger partial charge in [-0.25, -0.2) is 4.39 Å². The zero-order valence-corrected chi connectivity index (χ0v) is 9.79. The second-order valence-electron chi connectivity index (χ2n) is 4.01. The van der Waals surface area contributed by atoms with Crippen molar-refractivity contribution in [3.8, 4) is 0 Å². The lowest BCUT2D eigenvalue weighted by atomic mass is 10.1. The number of para-hydroxylation sites is 1. The molecule has 0 fully saturated rings. The highest BCUT2D eigenvalue weighted by atomic mass is 19.4. The molecule has 1 atom stereocenters. The van der Waals surface area contributed by atoms with E-state index in [2.05, 4.69) is 5.32 Å². The van der Waals surface area contributed by atoms with Crippen LogP contribution in [0.15, 0.2) is 54.6 Å². The van der Waals surface area contributed by atoms with Crippen molar-refractivity contribution in [1.82, 2.24) is 0 Å². The first kappa shape index (κ1) is 13.4. The summed E-state index contributed by atoms with van der Waals surface area (Å²) in [6.07, 6.45) is -4.51. The van der Waals surface area contributed by atoms with E-state index in [-0.39, 0.29) is 11.3 Å². The second kappa shape index (κ2) is 5.30. The van der Waals surface area contributed by atoms with E-state index < -0.39 is 18.0 Å². The molecule has 1 N–H and O–H groups in total. The molecule has 0 radical (unpaired) electrons. The number of rotatable bonds is 3. The average Bonchev–Trinajstić information content (AvgIpc) is 2.37. The van der Waals surface area contributed by atoms with E-state index in [1.54, 1.807) is 6.07 Å². The Hall–Kier alpha value is -2.04. The maximum absolute atomic E-state index is 13.4. The van der Waals surface area contributed by atoms with Crippen LogP contribution in [-0.4, -0.2) is 6.18 Å². The Kier molecular flexibility index (Phi) is 3.74. The van der Waals surface area contributed by atoms with Gasteiger partial charge < -0.3 is 5.32 Å². The largest absolute Gasteiger partial charge is 0.412 e. The van der Waals surface area contributed by atoms with Crippen molar-refractivity contribution in [2.24, 2.45) is 0 Å². The Morgan fingerprint density at radius 2 is 1.42 bits per heavy atom. The molecule has 0 heterocycles. The van der Waals surface area contributed by atoms with E-state index >= 15 is 0 Å². The summed E-state index contributed by atoms with van der Waals surface area (Å²) < 4.78 is 52.5. The van der Waals surface area contributed by atoms with Crippen LogP contribution in [0.3, 0.4) is 0 Å². The molecule has 0 aliphatic heterocycles. The SMILES string of the molecule is Fc1ccccc1NC(c1ccccc1)C(F)(F)F. The van der Waals surface area contributed by atoms with Gasteiger partial charge in [0.05, 0.1) is 5.69 Å². The molecule has 5 heteroatoms. The minimum absolute atomic E-state index is 0.0400. The van der Waals surface area contributed by atoms with Crippen LogP contribution in [0.25, 0.3) is 0 Å². The molecule has 0 saturated heterocycles. The van der Waals surface area contributed by atoms with Gasteiger partial charge in [-0.2, -0.15) is 13.2 Å². The molecular formula is C14H11F4N. The highest BCUT2D eigenvalue weighted by Gasteiger charge is 2.41. The molecule has 0 aliphatic rings. The van der Waals surface area contributed by atoms with Crippen molar-refractivity contribution in [2.75, 3.05) is 5.32 Å². The number of benzene rings is 2. The van der Waals surface area contributed by atoms with Gasteiger partial charge >= 0.3 is 6.18 Å². The molecule has 0 aliphatic carbocycles. The van der Waals surface area contributed by atoms with Gasteiger partial charge in [-0.1, -0.05) is 42.5 Å². The van der Waals surface area contributed by atoms with Crippen LogP contribution in [0.2, 0.25) is 0 Å². The fourth-order valence-corrected chi connectivity index (χ4v) is 1.73. The predicted octanol–water partition coefficient (Wildman–Crippen LogP) is 4.54. The number of hydrogen-bond donors (Lipinski definition) is 1. The molecule has 1 nitrogen and oxygen atoms in total. The molecule has 19 heavy (non-hydrogen) atoms. The van der Waals surface area contributed by atoms with Gasteiger partial charge in [0.15, 0.2) is 0 Å². The summed E-state index contributed by atoms with van der Waals surface area (Å²) in [5.41, 5.74) is -0.132. The topological polar surface area (TPSA) is 12.0 Å². The van der Waals surface area contributed by atoms with Crippen molar-refractivity contribution in [3.05, 3.63) is 66.0 Å². The minimum atomic E-state index is -4.51. The first-order valence-corrected chi connectivity index (χ1v) is 5.61. The van der Waals surface area contributed by atoms with Crippen molar-refractivity contribution < 1.29 is 17.6 Å². The van der Waals surface area contributed by atoms with Crippen molar-refractivity contribution in [3.63, 3.8) is 0 Å².